The Labute approximate surface area is 158 Å². The van der Waals surface area contributed by atoms with Crippen LogP contribution in [0.1, 0.15) is 49.4 Å². The highest BCUT2D eigenvalue weighted by Gasteiger charge is 2.32. The Kier molecular flexibility index (Phi) is 5.48. The van der Waals surface area contributed by atoms with Crippen LogP contribution in [0.15, 0.2) is 36.1 Å². The van der Waals surface area contributed by atoms with Gasteiger partial charge in [-0.15, -0.1) is 11.3 Å². The number of aromatic nitrogens is 2. The van der Waals surface area contributed by atoms with Crippen LogP contribution in [0, 0.1) is 11.8 Å². The molecule has 2 aromatic rings. The Morgan fingerprint density at radius 1 is 1.23 bits per heavy atom. The van der Waals surface area contributed by atoms with Crippen molar-refractivity contribution in [3.05, 3.63) is 41.0 Å². The lowest BCUT2D eigenvalue weighted by atomic mass is 9.93. The van der Waals surface area contributed by atoms with Gasteiger partial charge in [-0.1, -0.05) is 18.9 Å². The van der Waals surface area contributed by atoms with Crippen LogP contribution in [0.3, 0.4) is 0 Å². The molecule has 2 unspecified atom stereocenters. The lowest BCUT2D eigenvalue weighted by Crippen LogP contribution is -2.45. The molecule has 138 valence electrons. The minimum atomic E-state index is 0.0228. The Balaban J connectivity index is 1.44. The van der Waals surface area contributed by atoms with Crippen molar-refractivity contribution in [2.75, 3.05) is 18.0 Å². The number of piperidine rings is 1. The third-order valence-electron chi connectivity index (χ3n) is 5.68. The number of carbonyl (C=O) groups excluding carboxylic acids is 1. The summed E-state index contributed by atoms with van der Waals surface area (Å²) in [6.45, 7) is 1.67. The van der Waals surface area contributed by atoms with Crippen molar-refractivity contribution in [3.8, 4) is 0 Å². The van der Waals surface area contributed by atoms with Crippen molar-refractivity contribution in [2.45, 2.75) is 44.6 Å². The number of nitrogens with one attached hydrogen (secondary N) is 1. The van der Waals surface area contributed by atoms with E-state index >= 15 is 0 Å². The molecule has 2 aliphatic rings. The topological polar surface area (TPSA) is 58.1 Å². The molecule has 5 nitrogen and oxygen atoms in total. The van der Waals surface area contributed by atoms with Crippen LogP contribution in [-0.2, 0) is 4.79 Å². The van der Waals surface area contributed by atoms with Gasteiger partial charge >= 0.3 is 0 Å². The first-order chi connectivity index (χ1) is 12.8. The van der Waals surface area contributed by atoms with Crippen LogP contribution < -0.4 is 10.2 Å². The zero-order chi connectivity index (χ0) is 17.8. The quantitative estimate of drug-likeness (QED) is 0.870. The van der Waals surface area contributed by atoms with Crippen LogP contribution >= 0.6 is 11.3 Å². The van der Waals surface area contributed by atoms with Crippen molar-refractivity contribution >= 4 is 23.1 Å². The van der Waals surface area contributed by atoms with E-state index in [-0.39, 0.29) is 17.9 Å². The van der Waals surface area contributed by atoms with Crippen LogP contribution in [0.4, 0.5) is 5.82 Å². The molecule has 0 radical (unpaired) electrons. The first-order valence-corrected chi connectivity index (χ1v) is 10.5. The molecule has 2 fully saturated rings. The molecular formula is C20H26N4OS. The van der Waals surface area contributed by atoms with E-state index in [2.05, 4.69) is 37.7 Å². The van der Waals surface area contributed by atoms with E-state index < -0.39 is 0 Å². The van der Waals surface area contributed by atoms with Crippen molar-refractivity contribution in [1.29, 1.82) is 0 Å². The molecule has 3 heterocycles. The number of thiophene rings is 1. The zero-order valence-corrected chi connectivity index (χ0v) is 15.8. The fraction of sp³-hybridized carbons (Fsp3) is 0.550. The second kappa shape index (κ2) is 8.16. The highest BCUT2D eigenvalue weighted by molar-refractivity contribution is 7.10. The average Bonchev–Trinajstić information content (AvgIpc) is 3.41. The Hall–Kier alpha value is -1.95. The number of anilines is 1. The van der Waals surface area contributed by atoms with E-state index in [9.17, 15) is 4.79 Å². The number of amides is 1. The van der Waals surface area contributed by atoms with Crippen LogP contribution in [-0.4, -0.2) is 29.0 Å². The van der Waals surface area contributed by atoms with Crippen LogP contribution in [0.5, 0.6) is 0 Å². The molecular weight excluding hydrogens is 344 g/mol. The lowest BCUT2D eigenvalue weighted by Gasteiger charge is -2.34. The highest BCUT2D eigenvalue weighted by atomic mass is 32.1. The van der Waals surface area contributed by atoms with Gasteiger partial charge in [-0.3, -0.25) is 9.78 Å². The Morgan fingerprint density at radius 2 is 2.12 bits per heavy atom. The van der Waals surface area contributed by atoms with E-state index in [1.807, 2.05) is 0 Å². The SMILES string of the molecule is O=C(NC(c1cccs1)C1CCCC1)C1CCCN(c2cnccn2)C1. The summed E-state index contributed by atoms with van der Waals surface area (Å²) in [5.41, 5.74) is 0. The summed E-state index contributed by atoms with van der Waals surface area (Å²) in [5.74, 6) is 1.67. The summed E-state index contributed by atoms with van der Waals surface area (Å²) in [6.07, 6.45) is 12.2. The van der Waals surface area contributed by atoms with E-state index in [1.54, 1.807) is 29.9 Å². The van der Waals surface area contributed by atoms with Gasteiger partial charge in [0, 0.05) is 30.4 Å². The van der Waals surface area contributed by atoms with Gasteiger partial charge < -0.3 is 10.2 Å². The summed E-state index contributed by atoms with van der Waals surface area (Å²) in [5, 5.41) is 5.52. The van der Waals surface area contributed by atoms with Crippen molar-refractivity contribution < 1.29 is 4.79 Å². The maximum atomic E-state index is 13.1. The van der Waals surface area contributed by atoms with Crippen molar-refractivity contribution in [2.24, 2.45) is 11.8 Å². The molecule has 2 atom stereocenters. The number of carbonyl (C=O) groups is 1. The summed E-state index contributed by atoms with van der Waals surface area (Å²) in [6, 6.07) is 4.43. The Morgan fingerprint density at radius 3 is 2.85 bits per heavy atom. The maximum absolute atomic E-state index is 13.1. The average molecular weight is 371 g/mol. The minimum Gasteiger partial charge on any atom is -0.355 e. The number of rotatable bonds is 5. The molecule has 4 rings (SSSR count). The number of hydrogen-bond donors (Lipinski definition) is 1. The van der Waals surface area contributed by atoms with Crippen LogP contribution in [0.2, 0.25) is 0 Å². The highest BCUT2D eigenvalue weighted by Crippen LogP contribution is 2.37. The van der Waals surface area contributed by atoms with Crippen molar-refractivity contribution in [1.82, 2.24) is 15.3 Å². The second-order valence-electron chi connectivity index (χ2n) is 7.39. The monoisotopic (exact) mass is 370 g/mol. The molecule has 1 aliphatic heterocycles. The van der Waals surface area contributed by atoms with Gasteiger partial charge in [-0.2, -0.15) is 0 Å². The zero-order valence-electron chi connectivity index (χ0n) is 15.0. The summed E-state index contributed by atoms with van der Waals surface area (Å²) in [7, 11) is 0. The van der Waals surface area contributed by atoms with Crippen LogP contribution in [0.25, 0.3) is 0 Å². The minimum absolute atomic E-state index is 0.0228. The number of nitrogens with zero attached hydrogens (tertiary/aromatic N) is 3. The third kappa shape index (κ3) is 3.90. The molecule has 1 N–H and O–H groups in total. The molecule has 26 heavy (non-hydrogen) atoms. The molecule has 6 heteroatoms. The predicted molar refractivity (Wildman–Crippen MR) is 104 cm³/mol. The Bertz CT molecular complexity index is 700. The molecule has 1 saturated heterocycles. The fourth-order valence-electron chi connectivity index (χ4n) is 4.31. The number of hydrogen-bond acceptors (Lipinski definition) is 5. The van der Waals surface area contributed by atoms with E-state index in [1.165, 1.54) is 30.6 Å². The molecule has 1 amide bonds. The van der Waals surface area contributed by atoms with Gasteiger partial charge in [-0.25, -0.2) is 4.98 Å². The molecule has 1 saturated carbocycles. The smallest absolute Gasteiger partial charge is 0.225 e. The van der Waals surface area contributed by atoms with Gasteiger partial charge in [-0.05, 0) is 43.0 Å². The van der Waals surface area contributed by atoms with E-state index in [0.717, 1.165) is 31.7 Å². The van der Waals surface area contributed by atoms with Gasteiger partial charge in [0.25, 0.3) is 0 Å². The molecule has 1 aliphatic carbocycles. The normalized spacial score (nSPS) is 22.3. The molecule has 0 bridgehead atoms. The standard InChI is InChI=1S/C20H26N4OS/c25-20(16-7-3-11-24(14-16)18-13-21-9-10-22-18)23-19(15-5-1-2-6-15)17-8-4-12-26-17/h4,8-10,12-13,15-16,19H,1-3,5-7,11,14H2,(H,23,25). The van der Waals surface area contributed by atoms with E-state index in [4.69, 9.17) is 0 Å². The van der Waals surface area contributed by atoms with Gasteiger partial charge in [0.05, 0.1) is 18.2 Å². The molecule has 0 spiro atoms. The summed E-state index contributed by atoms with van der Waals surface area (Å²) in [4.78, 5) is 25.1. The second-order valence-corrected chi connectivity index (χ2v) is 8.37. The largest absolute Gasteiger partial charge is 0.355 e. The third-order valence-corrected chi connectivity index (χ3v) is 6.64. The lowest BCUT2D eigenvalue weighted by molar-refractivity contribution is -0.126. The summed E-state index contributed by atoms with van der Waals surface area (Å²) >= 11 is 1.76. The van der Waals surface area contributed by atoms with E-state index in [0.29, 0.717) is 5.92 Å². The van der Waals surface area contributed by atoms with Gasteiger partial charge in [0.15, 0.2) is 0 Å². The first kappa shape index (κ1) is 17.5. The first-order valence-electron chi connectivity index (χ1n) is 9.66. The predicted octanol–water partition coefficient (Wildman–Crippen LogP) is 3.80. The van der Waals surface area contributed by atoms with Gasteiger partial charge in [0.2, 0.25) is 5.91 Å². The fourth-order valence-corrected chi connectivity index (χ4v) is 5.17. The maximum Gasteiger partial charge on any atom is 0.225 e. The summed E-state index contributed by atoms with van der Waals surface area (Å²) < 4.78 is 0. The van der Waals surface area contributed by atoms with Gasteiger partial charge in [0.1, 0.15) is 5.82 Å². The molecule has 0 aromatic carbocycles. The van der Waals surface area contributed by atoms with Crippen molar-refractivity contribution in [3.63, 3.8) is 0 Å². The molecule has 2 aromatic heterocycles.